The number of rotatable bonds is 10. The summed E-state index contributed by atoms with van der Waals surface area (Å²) in [5.74, 6) is 0.197. The average Bonchev–Trinajstić information content (AvgIpc) is 3.24. The first-order valence-corrected chi connectivity index (χ1v) is 10.7. The second kappa shape index (κ2) is 9.90. The Morgan fingerprint density at radius 3 is 2.93 bits per heavy atom. The minimum atomic E-state index is -1.22. The molecule has 30 heavy (non-hydrogen) atoms. The molecule has 0 saturated carbocycles. The monoisotopic (exact) mass is 458 g/mol. The Balaban J connectivity index is 1.71. The van der Waals surface area contributed by atoms with E-state index in [-0.39, 0.29) is 11.7 Å². The maximum atomic E-state index is 10.8. The number of thioether (sulfide) groups is 1. The van der Waals surface area contributed by atoms with Crippen molar-refractivity contribution >= 4 is 46.3 Å². The van der Waals surface area contributed by atoms with Crippen molar-refractivity contribution < 1.29 is 24.9 Å². The van der Waals surface area contributed by atoms with E-state index < -0.39 is 36.6 Å². The van der Waals surface area contributed by atoms with E-state index in [4.69, 9.17) is 27.2 Å². The molecule has 0 amide bonds. The zero-order valence-electron chi connectivity index (χ0n) is 15.9. The fourth-order valence-corrected chi connectivity index (χ4v) is 4.26. The third-order valence-corrected chi connectivity index (χ3v) is 5.85. The number of aliphatic hydroxyl groups excluding tert-OH is 2. The summed E-state index contributed by atoms with van der Waals surface area (Å²) in [7, 11) is 0. The van der Waals surface area contributed by atoms with Gasteiger partial charge < -0.3 is 31.1 Å². The maximum absolute atomic E-state index is 10.8. The first-order valence-electron chi connectivity index (χ1n) is 9.16. The molecule has 0 aliphatic carbocycles. The second-order valence-corrected chi connectivity index (χ2v) is 8.18. The number of carbonyl (C=O) groups is 1. The molecular weight excluding hydrogens is 436 g/mol. The second-order valence-electron chi connectivity index (χ2n) is 6.69. The van der Waals surface area contributed by atoms with Gasteiger partial charge in [-0.25, -0.2) is 4.98 Å². The van der Waals surface area contributed by atoms with E-state index in [1.54, 1.807) is 6.08 Å². The Bertz CT molecular complexity index is 914. The molecule has 11 nitrogen and oxygen atoms in total. The van der Waals surface area contributed by atoms with Crippen LogP contribution in [0.15, 0.2) is 19.0 Å². The van der Waals surface area contributed by atoms with Gasteiger partial charge in [0.1, 0.15) is 18.2 Å². The van der Waals surface area contributed by atoms with Gasteiger partial charge in [-0.3, -0.25) is 9.36 Å². The number of nitrogens with zero attached hydrogens (tertiary/aromatic N) is 4. The highest BCUT2D eigenvalue weighted by atomic mass is 35.5. The zero-order valence-corrected chi connectivity index (χ0v) is 17.5. The van der Waals surface area contributed by atoms with Gasteiger partial charge in [-0.05, 0) is 23.8 Å². The van der Waals surface area contributed by atoms with E-state index in [1.165, 1.54) is 22.7 Å². The number of aromatic nitrogens is 4. The minimum absolute atomic E-state index is 0.00859. The number of hydrogen-bond donors (Lipinski definition) is 5. The van der Waals surface area contributed by atoms with Crippen molar-refractivity contribution in [1.29, 1.82) is 0 Å². The third-order valence-electron chi connectivity index (χ3n) is 4.59. The Morgan fingerprint density at radius 1 is 1.47 bits per heavy atom. The van der Waals surface area contributed by atoms with Crippen LogP contribution in [0.25, 0.3) is 11.2 Å². The van der Waals surface area contributed by atoms with Crippen molar-refractivity contribution in [2.45, 2.75) is 37.0 Å². The largest absolute Gasteiger partial charge is 0.480 e. The molecule has 0 aromatic carbocycles. The lowest BCUT2D eigenvalue weighted by atomic mass is 10.1. The first-order chi connectivity index (χ1) is 14.3. The summed E-state index contributed by atoms with van der Waals surface area (Å²) in [5.41, 5.74) is 6.26. The molecule has 1 aliphatic rings. The summed E-state index contributed by atoms with van der Waals surface area (Å²) in [4.78, 5) is 23.4. The van der Waals surface area contributed by atoms with Gasteiger partial charge in [0.25, 0.3) is 0 Å². The lowest BCUT2D eigenvalue weighted by molar-refractivity contribution is -0.138. The number of hydrogen-bond acceptors (Lipinski definition) is 10. The van der Waals surface area contributed by atoms with Crippen molar-refractivity contribution in [3.63, 3.8) is 0 Å². The van der Waals surface area contributed by atoms with E-state index >= 15 is 0 Å². The summed E-state index contributed by atoms with van der Waals surface area (Å²) in [6, 6.07) is -0.934. The molecule has 1 aliphatic heterocycles. The summed E-state index contributed by atoms with van der Waals surface area (Å²) >= 11 is 7.42. The Morgan fingerprint density at radius 2 is 2.23 bits per heavy atom. The van der Waals surface area contributed by atoms with Crippen molar-refractivity contribution in [2.75, 3.05) is 23.4 Å². The normalized spacial score (nSPS) is 24.8. The molecular formula is C17H23ClN6O5S. The quantitative estimate of drug-likeness (QED) is 0.187. The van der Waals surface area contributed by atoms with Crippen LogP contribution in [0.4, 0.5) is 5.82 Å². The Hall–Kier alpha value is -1.96. The highest BCUT2D eigenvalue weighted by Gasteiger charge is 2.44. The van der Waals surface area contributed by atoms with Crippen LogP contribution < -0.4 is 11.1 Å². The molecule has 2 aromatic rings. The molecule has 0 bridgehead atoms. The summed E-state index contributed by atoms with van der Waals surface area (Å²) < 4.78 is 7.37. The standard InChI is InChI=1S/C17H23ClN6O5S/c1-2-4-20-13-10-14(23-17(18)22-13)24(7-21-10)15-12(26)11(25)9(29-15)6-30-5-3-8(19)16(27)28/h2,7-9,11-12,15,25-26H,1,3-6,19H2,(H,27,28)(H,20,22,23)/t8?,9-,11+,12-,15-/m1/s1. The van der Waals surface area contributed by atoms with Crippen molar-refractivity contribution in [1.82, 2.24) is 19.5 Å². The van der Waals surface area contributed by atoms with Crippen molar-refractivity contribution in [3.8, 4) is 0 Å². The van der Waals surface area contributed by atoms with Crippen LogP contribution in [-0.2, 0) is 9.53 Å². The van der Waals surface area contributed by atoms with E-state index in [2.05, 4.69) is 26.8 Å². The molecule has 1 saturated heterocycles. The maximum Gasteiger partial charge on any atom is 0.320 e. The van der Waals surface area contributed by atoms with Gasteiger partial charge in [0, 0.05) is 12.3 Å². The van der Waals surface area contributed by atoms with Gasteiger partial charge in [0.15, 0.2) is 23.2 Å². The van der Waals surface area contributed by atoms with Gasteiger partial charge in [0.2, 0.25) is 5.28 Å². The molecule has 6 N–H and O–H groups in total. The van der Waals surface area contributed by atoms with Crippen LogP contribution in [0.5, 0.6) is 0 Å². The number of aliphatic carboxylic acids is 1. The van der Waals surface area contributed by atoms with Gasteiger partial charge in [-0.15, -0.1) is 6.58 Å². The molecule has 1 fully saturated rings. The molecule has 164 valence electrons. The third kappa shape index (κ3) is 4.85. The van der Waals surface area contributed by atoms with Crippen molar-refractivity contribution in [3.05, 3.63) is 24.3 Å². The smallest absolute Gasteiger partial charge is 0.320 e. The zero-order chi connectivity index (χ0) is 21.8. The molecule has 5 atom stereocenters. The SMILES string of the molecule is C=CCNc1nc(Cl)nc2c1ncn2[C@@H]1O[C@H](CSCCC(N)C(=O)O)[C@H](O)[C@H]1O. The van der Waals surface area contributed by atoms with E-state index in [1.807, 2.05) is 0 Å². The van der Waals surface area contributed by atoms with Crippen LogP contribution in [-0.4, -0.2) is 83.2 Å². The highest BCUT2D eigenvalue weighted by molar-refractivity contribution is 7.99. The van der Waals surface area contributed by atoms with Gasteiger partial charge in [-0.1, -0.05) is 6.08 Å². The fourth-order valence-electron chi connectivity index (χ4n) is 3.00. The number of carboxylic acids is 1. The lowest BCUT2D eigenvalue weighted by Gasteiger charge is -2.16. The molecule has 2 aromatic heterocycles. The topological polar surface area (TPSA) is 169 Å². The van der Waals surface area contributed by atoms with E-state index in [0.717, 1.165) is 0 Å². The minimum Gasteiger partial charge on any atom is -0.480 e. The van der Waals surface area contributed by atoms with Crippen LogP contribution in [0.2, 0.25) is 5.28 Å². The Labute approximate surface area is 181 Å². The van der Waals surface area contributed by atoms with E-state index in [9.17, 15) is 15.0 Å². The fraction of sp³-hybridized carbons (Fsp3) is 0.529. The molecule has 3 rings (SSSR count). The summed E-state index contributed by atoms with van der Waals surface area (Å²) in [6.45, 7) is 4.08. The number of imidazole rings is 1. The number of aliphatic hydroxyl groups is 2. The number of anilines is 1. The number of carboxylic acid groups (broad SMARTS) is 1. The predicted octanol–water partition coefficient (Wildman–Crippen LogP) is 0.232. The predicted molar refractivity (Wildman–Crippen MR) is 112 cm³/mol. The number of ether oxygens (including phenoxy) is 1. The highest BCUT2D eigenvalue weighted by Crippen LogP contribution is 2.34. The number of nitrogens with two attached hydrogens (primary N) is 1. The lowest BCUT2D eigenvalue weighted by Crippen LogP contribution is -2.33. The first kappa shape index (κ1) is 22.7. The molecule has 0 radical (unpaired) electrons. The molecule has 3 heterocycles. The average molecular weight is 459 g/mol. The van der Waals surface area contributed by atoms with E-state index in [0.29, 0.717) is 35.0 Å². The molecule has 0 spiro atoms. The van der Waals surface area contributed by atoms with Crippen LogP contribution in [0.3, 0.4) is 0 Å². The van der Waals surface area contributed by atoms with Crippen LogP contribution in [0, 0.1) is 0 Å². The van der Waals surface area contributed by atoms with Crippen LogP contribution >= 0.6 is 23.4 Å². The molecule has 13 heteroatoms. The van der Waals surface area contributed by atoms with Gasteiger partial charge in [-0.2, -0.15) is 21.7 Å². The Kier molecular flexibility index (Phi) is 7.50. The summed E-state index contributed by atoms with van der Waals surface area (Å²) in [6.07, 6.45) is -0.547. The number of fused-ring (bicyclic) bond motifs is 1. The number of nitrogens with one attached hydrogen (secondary N) is 1. The number of halogens is 1. The molecule has 1 unspecified atom stereocenters. The van der Waals surface area contributed by atoms with Gasteiger partial charge >= 0.3 is 5.97 Å². The van der Waals surface area contributed by atoms with Crippen LogP contribution in [0.1, 0.15) is 12.6 Å². The summed E-state index contributed by atoms with van der Waals surface area (Å²) in [5, 5.41) is 32.7. The van der Waals surface area contributed by atoms with Crippen molar-refractivity contribution in [2.24, 2.45) is 5.73 Å². The van der Waals surface area contributed by atoms with Gasteiger partial charge in [0.05, 0.1) is 12.4 Å².